The lowest BCUT2D eigenvalue weighted by Gasteiger charge is -2.50. The van der Waals surface area contributed by atoms with Gasteiger partial charge in [0.1, 0.15) is 0 Å². The monoisotopic (exact) mass is 542 g/mol. The lowest BCUT2D eigenvalue weighted by atomic mass is 9.52. The van der Waals surface area contributed by atoms with Crippen LogP contribution in [0.5, 0.6) is 0 Å². The molecule has 2 rings (SSSR count). The molecule has 0 bridgehead atoms. The third-order valence-electron chi connectivity index (χ3n) is 8.64. The van der Waals surface area contributed by atoms with Gasteiger partial charge in [0.2, 0.25) is 0 Å². The number of esters is 2. The molecular weight excluding hydrogens is 496 g/mol. The van der Waals surface area contributed by atoms with E-state index in [9.17, 15) is 29.4 Å². The number of carboxylic acid groups (broad SMARTS) is 2. The second kappa shape index (κ2) is 12.8. The largest absolute Gasteiger partial charge is 0.481 e. The fourth-order valence-corrected chi connectivity index (χ4v) is 6.68. The van der Waals surface area contributed by atoms with Crippen molar-refractivity contribution in [2.45, 2.75) is 118 Å². The molecule has 2 aliphatic rings. The Morgan fingerprint density at radius 2 is 1.18 bits per heavy atom. The molecule has 0 aliphatic heterocycles. The van der Waals surface area contributed by atoms with Crippen molar-refractivity contribution >= 4 is 23.9 Å². The highest BCUT2D eigenvalue weighted by Crippen LogP contribution is 2.59. The van der Waals surface area contributed by atoms with Crippen molar-refractivity contribution in [3.8, 4) is 0 Å². The van der Waals surface area contributed by atoms with Gasteiger partial charge in [0, 0.05) is 13.2 Å². The van der Waals surface area contributed by atoms with Crippen molar-refractivity contribution < 1.29 is 48.3 Å². The first-order chi connectivity index (χ1) is 17.7. The van der Waals surface area contributed by atoms with Crippen LogP contribution in [0.4, 0.5) is 0 Å². The summed E-state index contributed by atoms with van der Waals surface area (Å²) in [5.74, 6) is -3.29. The van der Waals surface area contributed by atoms with Crippen molar-refractivity contribution in [3.63, 3.8) is 0 Å². The zero-order valence-electron chi connectivity index (χ0n) is 23.8. The van der Waals surface area contributed by atoms with Gasteiger partial charge in [-0.15, -0.1) is 0 Å². The molecule has 0 spiro atoms. The van der Waals surface area contributed by atoms with Gasteiger partial charge in [-0.2, -0.15) is 0 Å². The van der Waals surface area contributed by atoms with Gasteiger partial charge in [0.15, 0.2) is 12.6 Å². The Hall–Kier alpha value is -2.20. The maximum Gasteiger partial charge on any atom is 0.314 e. The van der Waals surface area contributed by atoms with Gasteiger partial charge in [-0.05, 0) is 86.0 Å². The minimum absolute atomic E-state index is 0.0463. The van der Waals surface area contributed by atoms with Crippen LogP contribution in [-0.2, 0) is 38.1 Å². The first-order valence-corrected chi connectivity index (χ1v) is 13.9. The predicted octanol–water partition coefficient (Wildman–Crippen LogP) is 4.92. The first-order valence-electron chi connectivity index (χ1n) is 13.9. The van der Waals surface area contributed by atoms with Crippen LogP contribution in [0.25, 0.3) is 0 Å². The molecule has 2 fully saturated rings. The molecular formula is C28H46O10. The molecule has 0 aromatic rings. The number of hydrogen-bond acceptors (Lipinski definition) is 8. The number of carbonyl (C=O) groups excluding carboxylic acids is 2. The Morgan fingerprint density at radius 1 is 0.711 bits per heavy atom. The molecule has 0 heterocycles. The summed E-state index contributed by atoms with van der Waals surface area (Å²) in [5.41, 5.74) is -5.06. The summed E-state index contributed by atoms with van der Waals surface area (Å²) in [7, 11) is 0. The van der Waals surface area contributed by atoms with Crippen LogP contribution < -0.4 is 0 Å². The average Bonchev–Trinajstić information content (AvgIpc) is 2.84. The maximum absolute atomic E-state index is 13.9. The summed E-state index contributed by atoms with van der Waals surface area (Å²) in [6, 6.07) is 0. The van der Waals surface area contributed by atoms with Crippen LogP contribution in [0.2, 0.25) is 0 Å². The van der Waals surface area contributed by atoms with Crippen molar-refractivity contribution in [3.05, 3.63) is 0 Å². The Bertz CT molecular complexity index is 874. The van der Waals surface area contributed by atoms with Crippen LogP contribution in [0.3, 0.4) is 0 Å². The number of ether oxygens (including phenoxy) is 4. The highest BCUT2D eigenvalue weighted by Gasteiger charge is 2.60. The topological polar surface area (TPSA) is 146 Å². The summed E-state index contributed by atoms with van der Waals surface area (Å²) in [6.45, 7) is 10.9. The van der Waals surface area contributed by atoms with E-state index < -0.39 is 58.1 Å². The number of hydrogen-bond donors (Lipinski definition) is 2. The van der Waals surface area contributed by atoms with Crippen LogP contribution >= 0.6 is 0 Å². The van der Waals surface area contributed by atoms with Crippen LogP contribution in [0.15, 0.2) is 0 Å². The van der Waals surface area contributed by atoms with Gasteiger partial charge < -0.3 is 29.2 Å². The summed E-state index contributed by atoms with van der Waals surface area (Å²) in [6.07, 6.45) is 0.863. The Morgan fingerprint density at radius 3 is 1.66 bits per heavy atom. The van der Waals surface area contributed by atoms with Crippen LogP contribution in [0.1, 0.15) is 106 Å². The SMILES string of the molecule is CCOC(C)OC(=O)C1(CC)CCCC(CC2(C(=O)O)CCCC(C)(C(=O)O)C2)(C(=O)OC(C)OCC)C1. The van der Waals surface area contributed by atoms with E-state index in [-0.39, 0.29) is 25.7 Å². The molecule has 218 valence electrons. The molecule has 0 aromatic carbocycles. The predicted molar refractivity (Wildman–Crippen MR) is 137 cm³/mol. The van der Waals surface area contributed by atoms with E-state index in [0.29, 0.717) is 51.7 Å². The molecule has 2 N–H and O–H groups in total. The van der Waals surface area contributed by atoms with E-state index in [1.165, 1.54) is 0 Å². The lowest BCUT2D eigenvalue weighted by Crippen LogP contribution is -2.53. The zero-order valence-corrected chi connectivity index (χ0v) is 23.8. The molecule has 0 aromatic heterocycles. The molecule has 0 amide bonds. The van der Waals surface area contributed by atoms with E-state index in [4.69, 9.17) is 18.9 Å². The highest BCUT2D eigenvalue weighted by molar-refractivity contribution is 5.84. The van der Waals surface area contributed by atoms with Gasteiger partial charge in [0.05, 0.1) is 21.7 Å². The minimum Gasteiger partial charge on any atom is -0.481 e. The molecule has 10 nitrogen and oxygen atoms in total. The molecule has 0 saturated heterocycles. The third-order valence-corrected chi connectivity index (χ3v) is 8.64. The second-order valence-electron chi connectivity index (χ2n) is 11.5. The number of aliphatic carboxylic acids is 2. The van der Waals surface area contributed by atoms with E-state index in [1.54, 1.807) is 34.6 Å². The van der Waals surface area contributed by atoms with Crippen molar-refractivity contribution in [1.29, 1.82) is 0 Å². The fourth-order valence-electron chi connectivity index (χ4n) is 6.68. The minimum atomic E-state index is -1.46. The van der Waals surface area contributed by atoms with Gasteiger partial charge in [-0.3, -0.25) is 19.2 Å². The van der Waals surface area contributed by atoms with Crippen molar-refractivity contribution in [2.75, 3.05) is 13.2 Å². The van der Waals surface area contributed by atoms with Gasteiger partial charge in [0.25, 0.3) is 0 Å². The quantitative estimate of drug-likeness (QED) is 0.243. The summed E-state index contributed by atoms with van der Waals surface area (Å²) in [5, 5.41) is 20.4. The fraction of sp³-hybridized carbons (Fsp3) is 0.857. The molecule has 2 saturated carbocycles. The van der Waals surface area contributed by atoms with Gasteiger partial charge in [-0.25, -0.2) is 0 Å². The Labute approximate surface area is 225 Å². The first kappa shape index (κ1) is 32.0. The third kappa shape index (κ3) is 6.86. The van der Waals surface area contributed by atoms with E-state index in [0.717, 1.165) is 0 Å². The molecule has 6 unspecified atom stereocenters. The zero-order chi connectivity index (χ0) is 28.8. The average molecular weight is 543 g/mol. The number of carbonyl (C=O) groups is 4. The van der Waals surface area contributed by atoms with E-state index in [1.807, 2.05) is 6.92 Å². The standard InChI is InChI=1S/C28H46O10/c1-7-26(23(33)37-19(4)35-8-2)13-11-15-28(17-26,24(34)38-20(5)36-9-3)18-27(22(31)32)14-10-12-25(6,16-27)21(29)30/h19-20H,7-18H2,1-6H3,(H,29,30)(H,31,32). The molecule has 0 radical (unpaired) electrons. The molecule has 6 atom stereocenters. The summed E-state index contributed by atoms with van der Waals surface area (Å²) in [4.78, 5) is 52.4. The smallest absolute Gasteiger partial charge is 0.314 e. The summed E-state index contributed by atoms with van der Waals surface area (Å²) >= 11 is 0. The number of rotatable bonds is 13. The molecule has 38 heavy (non-hydrogen) atoms. The van der Waals surface area contributed by atoms with Gasteiger partial charge in [-0.1, -0.05) is 19.8 Å². The Kier molecular flexibility index (Phi) is 10.8. The van der Waals surface area contributed by atoms with E-state index in [2.05, 4.69) is 0 Å². The summed E-state index contributed by atoms with van der Waals surface area (Å²) < 4.78 is 22.1. The lowest BCUT2D eigenvalue weighted by molar-refractivity contribution is -0.203. The second-order valence-corrected chi connectivity index (χ2v) is 11.5. The molecule has 10 heteroatoms. The van der Waals surface area contributed by atoms with Crippen molar-refractivity contribution in [1.82, 2.24) is 0 Å². The molecule has 2 aliphatic carbocycles. The van der Waals surface area contributed by atoms with Gasteiger partial charge >= 0.3 is 23.9 Å². The number of carboxylic acids is 2. The van der Waals surface area contributed by atoms with E-state index >= 15 is 0 Å². The normalized spacial score (nSPS) is 33.1. The van der Waals surface area contributed by atoms with Crippen molar-refractivity contribution in [2.24, 2.45) is 21.7 Å². The van der Waals surface area contributed by atoms with Crippen LogP contribution in [0, 0.1) is 21.7 Å². The Balaban J connectivity index is 2.55. The maximum atomic E-state index is 13.9. The highest BCUT2D eigenvalue weighted by atomic mass is 16.7. The van der Waals surface area contributed by atoms with Crippen LogP contribution in [-0.4, -0.2) is 59.9 Å².